The number of hydrogen-bond acceptors (Lipinski definition) is 6. The largest absolute Gasteiger partial charge is 0.363 e. The van der Waals surface area contributed by atoms with Crippen molar-refractivity contribution in [3.8, 4) is 0 Å². The zero-order valence-corrected chi connectivity index (χ0v) is 8.09. The molecule has 1 rings (SSSR count). The van der Waals surface area contributed by atoms with Crippen molar-refractivity contribution in [3.63, 3.8) is 0 Å². The van der Waals surface area contributed by atoms with Crippen LogP contribution in [0.25, 0.3) is 0 Å². The Bertz CT molecular complexity index is 452. The maximum Gasteiger partial charge on any atom is 0.308 e. The summed E-state index contributed by atoms with van der Waals surface area (Å²) >= 11 is 0. The van der Waals surface area contributed by atoms with E-state index < -0.39 is 31.7 Å². The molecule has 0 aromatic rings. The number of nitrogens with two attached hydrogens (primary N) is 1. The molecule has 0 aromatic heterocycles. The van der Waals surface area contributed by atoms with E-state index in [0.717, 1.165) is 18.2 Å². The van der Waals surface area contributed by atoms with Gasteiger partial charge in [-0.3, -0.25) is 14.7 Å². The van der Waals surface area contributed by atoms with Gasteiger partial charge in [-0.25, -0.2) is 0 Å². The van der Waals surface area contributed by atoms with Crippen LogP contribution in [0.4, 0.5) is 0 Å². The van der Waals surface area contributed by atoms with Gasteiger partial charge in [0.1, 0.15) is 0 Å². The normalized spacial score (nSPS) is 31.1. The van der Waals surface area contributed by atoms with Crippen LogP contribution < -0.4 is 5.73 Å². The van der Waals surface area contributed by atoms with Gasteiger partial charge in [-0.1, -0.05) is 12.2 Å². The Hall–Kier alpha value is -1.29. The molecule has 0 radical (unpaired) electrons. The average molecular weight is 236 g/mol. The second-order valence-electron chi connectivity index (χ2n) is 2.89. The number of hydrogen-bond donors (Lipinski definition) is 3. The van der Waals surface area contributed by atoms with Gasteiger partial charge in [-0.15, -0.1) is 0 Å². The van der Waals surface area contributed by atoms with Crippen molar-refractivity contribution in [1.82, 2.24) is 0 Å². The minimum Gasteiger partial charge on any atom is -0.363 e. The van der Waals surface area contributed by atoms with E-state index in [9.17, 15) is 23.6 Å². The van der Waals surface area contributed by atoms with Crippen molar-refractivity contribution < 1.29 is 23.0 Å². The van der Waals surface area contributed by atoms with E-state index in [1.54, 1.807) is 0 Å². The van der Waals surface area contributed by atoms with E-state index in [-0.39, 0.29) is 0 Å². The monoisotopic (exact) mass is 236 g/mol. The van der Waals surface area contributed by atoms with E-state index in [1.165, 1.54) is 0 Å². The van der Waals surface area contributed by atoms with Crippen molar-refractivity contribution in [2.24, 2.45) is 5.73 Å². The first kappa shape index (κ1) is 11.8. The Morgan fingerprint density at radius 1 is 1.60 bits per heavy atom. The molecule has 0 saturated carbocycles. The number of rotatable bonds is 2. The predicted octanol–water partition coefficient (Wildman–Crippen LogP) is -1.38. The first-order chi connectivity index (χ1) is 6.71. The lowest BCUT2D eigenvalue weighted by Crippen LogP contribution is -2.56. The lowest BCUT2D eigenvalue weighted by Gasteiger charge is -2.27. The van der Waals surface area contributed by atoms with Crippen LogP contribution in [0.2, 0.25) is 0 Å². The second kappa shape index (κ2) is 3.38. The summed E-state index contributed by atoms with van der Waals surface area (Å²) in [5.41, 5.74) is 4.12. The summed E-state index contributed by atoms with van der Waals surface area (Å²) in [5, 5.41) is 20.1. The molecule has 0 heterocycles. The predicted molar refractivity (Wildman–Crippen MR) is 48.7 cm³/mol. The van der Waals surface area contributed by atoms with Gasteiger partial charge in [0.25, 0.3) is 5.70 Å². The van der Waals surface area contributed by atoms with Gasteiger partial charge in [0.05, 0.1) is 11.0 Å². The number of nitro groups is 1. The van der Waals surface area contributed by atoms with Crippen LogP contribution in [-0.4, -0.2) is 34.0 Å². The van der Waals surface area contributed by atoms with Gasteiger partial charge in [0.15, 0.2) is 0 Å². The van der Waals surface area contributed by atoms with Gasteiger partial charge >= 0.3 is 15.1 Å². The summed E-state index contributed by atoms with van der Waals surface area (Å²) < 4.78 is 30.5. The number of allylic oxidation sites excluding steroid dienone is 2. The maximum atomic E-state index is 10.9. The third kappa shape index (κ3) is 1.65. The molecule has 1 aliphatic rings. The third-order valence-corrected chi connectivity index (χ3v) is 3.25. The lowest BCUT2D eigenvalue weighted by atomic mass is 10.0. The highest BCUT2D eigenvalue weighted by Gasteiger charge is 2.57. The molecule has 0 fully saturated rings. The molecule has 0 amide bonds. The van der Waals surface area contributed by atoms with E-state index in [1.807, 2.05) is 0 Å². The van der Waals surface area contributed by atoms with E-state index in [2.05, 4.69) is 0 Å². The first-order valence-electron chi connectivity index (χ1n) is 3.69. The molecule has 1 aliphatic carbocycles. The lowest BCUT2D eigenvalue weighted by molar-refractivity contribution is -0.439. The number of aliphatic hydroxyl groups is 1. The second-order valence-corrected chi connectivity index (χ2v) is 4.46. The molecular weight excluding hydrogens is 228 g/mol. The van der Waals surface area contributed by atoms with Crippen LogP contribution in [0.5, 0.6) is 0 Å². The zero-order chi connectivity index (χ0) is 11.9. The highest BCUT2D eigenvalue weighted by atomic mass is 32.2. The zero-order valence-electron chi connectivity index (χ0n) is 7.27. The summed E-state index contributed by atoms with van der Waals surface area (Å²) in [6.07, 6.45) is 2.92. The molecule has 0 aromatic carbocycles. The van der Waals surface area contributed by atoms with Gasteiger partial charge in [-0.2, -0.15) is 8.42 Å². The molecule has 4 N–H and O–H groups in total. The molecule has 0 bridgehead atoms. The van der Waals surface area contributed by atoms with Gasteiger partial charge in [0, 0.05) is 6.08 Å². The first-order valence-corrected chi connectivity index (χ1v) is 5.13. The fourth-order valence-electron chi connectivity index (χ4n) is 1.18. The highest BCUT2D eigenvalue weighted by Crippen LogP contribution is 2.29. The van der Waals surface area contributed by atoms with Crippen LogP contribution >= 0.6 is 0 Å². The van der Waals surface area contributed by atoms with Crippen molar-refractivity contribution in [1.29, 1.82) is 0 Å². The van der Waals surface area contributed by atoms with Crippen LogP contribution in [0.3, 0.4) is 0 Å². The Morgan fingerprint density at radius 3 is 2.47 bits per heavy atom. The Morgan fingerprint density at radius 2 is 2.13 bits per heavy atom. The highest BCUT2D eigenvalue weighted by molar-refractivity contribution is 7.87. The standard InChI is InChI=1S/C6H8N2O6S/c7-4-2-1-3-5(8(10)11)6(4,9)15(12,13)14/h1-4,9H,7H2,(H,12,13,14). The Balaban J connectivity index is 3.44. The molecule has 84 valence electrons. The Labute approximate surface area is 84.6 Å². The summed E-state index contributed by atoms with van der Waals surface area (Å²) in [5.74, 6) is 0. The van der Waals surface area contributed by atoms with Gasteiger partial charge in [0.2, 0.25) is 0 Å². The van der Waals surface area contributed by atoms with E-state index >= 15 is 0 Å². The maximum absolute atomic E-state index is 10.9. The SMILES string of the molecule is NC1C=CC=C([N+](=O)[O-])C1(O)S(=O)(=O)O. The fraction of sp³-hybridized carbons (Fsp3) is 0.333. The molecule has 15 heavy (non-hydrogen) atoms. The van der Waals surface area contributed by atoms with Crippen molar-refractivity contribution in [3.05, 3.63) is 34.0 Å². The summed E-state index contributed by atoms with van der Waals surface area (Å²) in [4.78, 5) is 6.25. The molecular formula is C6H8N2O6S. The molecule has 2 atom stereocenters. The molecule has 2 unspecified atom stereocenters. The van der Waals surface area contributed by atoms with Gasteiger partial charge in [-0.05, 0) is 0 Å². The van der Waals surface area contributed by atoms with Crippen molar-refractivity contribution in [2.75, 3.05) is 0 Å². The van der Waals surface area contributed by atoms with Gasteiger partial charge < -0.3 is 10.8 Å². The molecule has 0 aliphatic heterocycles. The molecule has 0 saturated heterocycles. The topological polar surface area (TPSA) is 144 Å². The van der Waals surface area contributed by atoms with Crippen LogP contribution in [-0.2, 0) is 10.1 Å². The molecule has 0 spiro atoms. The van der Waals surface area contributed by atoms with Crippen molar-refractivity contribution in [2.45, 2.75) is 11.0 Å². The number of nitrogens with zero attached hydrogens (tertiary/aromatic N) is 1. The Kier molecular flexibility index (Phi) is 2.65. The average Bonchev–Trinajstić information content (AvgIpc) is 2.07. The summed E-state index contributed by atoms with van der Waals surface area (Å²) in [6.45, 7) is 0. The quantitative estimate of drug-likeness (QED) is 0.304. The van der Waals surface area contributed by atoms with E-state index in [0.29, 0.717) is 0 Å². The smallest absolute Gasteiger partial charge is 0.308 e. The van der Waals surface area contributed by atoms with Crippen molar-refractivity contribution >= 4 is 10.1 Å². The summed E-state index contributed by atoms with van der Waals surface area (Å²) in [6, 6.07) is -1.60. The molecule has 9 heteroatoms. The summed E-state index contributed by atoms with van der Waals surface area (Å²) in [7, 11) is -5.10. The minimum atomic E-state index is -5.10. The fourth-order valence-corrected chi connectivity index (χ4v) is 2.01. The molecule has 8 nitrogen and oxygen atoms in total. The van der Waals surface area contributed by atoms with Crippen LogP contribution in [0, 0.1) is 10.1 Å². The van der Waals surface area contributed by atoms with E-state index in [4.69, 9.17) is 10.3 Å². The van der Waals surface area contributed by atoms with Crippen LogP contribution in [0.1, 0.15) is 0 Å². The minimum absolute atomic E-state index is 0.761. The van der Waals surface area contributed by atoms with Crippen LogP contribution in [0.15, 0.2) is 23.9 Å². The third-order valence-electron chi connectivity index (χ3n) is 1.98.